The summed E-state index contributed by atoms with van der Waals surface area (Å²) in [6.07, 6.45) is 24.9. The first kappa shape index (κ1) is 22.2. The molecule has 2 unspecified atom stereocenters. The van der Waals surface area contributed by atoms with Crippen molar-refractivity contribution >= 4 is 0 Å². The van der Waals surface area contributed by atoms with Crippen molar-refractivity contribution in [2.75, 3.05) is 0 Å². The summed E-state index contributed by atoms with van der Waals surface area (Å²) in [6.45, 7) is 8.50. The number of allylic oxidation sites excluding steroid dienone is 14. The average Bonchev–Trinajstić information content (AvgIpc) is 2.54. The van der Waals surface area contributed by atoms with Gasteiger partial charge in [0.1, 0.15) is 0 Å². The van der Waals surface area contributed by atoms with Crippen LogP contribution in [0.4, 0.5) is 0 Å². The Balaban J connectivity index is 0.000000590. The van der Waals surface area contributed by atoms with Crippen LogP contribution in [-0.2, 0) is 0 Å². The van der Waals surface area contributed by atoms with E-state index in [4.69, 9.17) is 0 Å². The molecule has 2 atom stereocenters. The van der Waals surface area contributed by atoms with E-state index in [-0.39, 0.29) is 14.9 Å². The van der Waals surface area contributed by atoms with Crippen molar-refractivity contribution in [2.45, 2.75) is 55.4 Å². The normalized spacial score (nSPS) is 23.2. The highest BCUT2D eigenvalue weighted by molar-refractivity contribution is 5.59. The van der Waals surface area contributed by atoms with Crippen molar-refractivity contribution in [1.82, 2.24) is 0 Å². The molecule has 0 spiro atoms. The number of hydrogen-bond acceptors (Lipinski definition) is 0. The van der Waals surface area contributed by atoms with Gasteiger partial charge in [-0.05, 0) is 22.3 Å². The van der Waals surface area contributed by atoms with E-state index in [0.29, 0.717) is 11.8 Å². The van der Waals surface area contributed by atoms with Gasteiger partial charge in [-0.1, -0.05) is 116 Å². The van der Waals surface area contributed by atoms with Crippen LogP contribution in [0.3, 0.4) is 0 Å². The summed E-state index contributed by atoms with van der Waals surface area (Å²) >= 11 is 0. The summed E-state index contributed by atoms with van der Waals surface area (Å²) in [5.74, 6) is 1.12. The first-order valence-electron chi connectivity index (χ1n) is 8.63. The minimum absolute atomic E-state index is 0. The number of hydrogen-bond donors (Lipinski definition) is 0. The standard InChI is InChI=1S/C16H12.2C3H8.2CH4/c1-3-11-7-9-13-5-2-6-14-10-8-12(4-1)15(11)16(13)14;2*1-3-2;;/h1-10,15-16H;2*3H2,1-2H3;2*1H4. The molecule has 0 heterocycles. The maximum Gasteiger partial charge on any atom is 0.0199 e. The molecular weight excluding hydrogens is 288 g/mol. The summed E-state index contributed by atoms with van der Waals surface area (Å²) in [7, 11) is 0. The van der Waals surface area contributed by atoms with E-state index in [1.807, 2.05) is 0 Å². The fourth-order valence-electron chi connectivity index (χ4n) is 3.13. The second-order valence-corrected chi connectivity index (χ2v) is 6.09. The first-order valence-corrected chi connectivity index (χ1v) is 8.63. The zero-order valence-corrected chi connectivity index (χ0v) is 14.3. The summed E-state index contributed by atoms with van der Waals surface area (Å²) in [5.41, 5.74) is 5.82. The SMILES string of the molecule is C.C.C1=CC2=CC=C3C=CC=C4C=CC(=C1)C2C43.CCC.CCC. The monoisotopic (exact) mass is 324 g/mol. The van der Waals surface area contributed by atoms with Crippen molar-refractivity contribution in [3.63, 3.8) is 0 Å². The largest absolute Gasteiger partial charge is 0.0776 e. The van der Waals surface area contributed by atoms with Gasteiger partial charge in [0, 0.05) is 11.8 Å². The van der Waals surface area contributed by atoms with Gasteiger partial charge in [0.25, 0.3) is 0 Å². The Morgan fingerprint density at radius 2 is 0.833 bits per heavy atom. The van der Waals surface area contributed by atoms with E-state index >= 15 is 0 Å². The third kappa shape index (κ3) is 4.60. The Bertz CT molecular complexity index is 546. The molecule has 0 N–H and O–H groups in total. The predicted octanol–water partition coefficient (Wildman–Crippen LogP) is 7.75. The van der Waals surface area contributed by atoms with Gasteiger partial charge >= 0.3 is 0 Å². The van der Waals surface area contributed by atoms with Gasteiger partial charge in [-0.3, -0.25) is 0 Å². The molecule has 0 bridgehead atoms. The Labute approximate surface area is 150 Å². The quantitative estimate of drug-likeness (QED) is 0.427. The molecule has 0 aromatic rings. The van der Waals surface area contributed by atoms with E-state index < -0.39 is 0 Å². The highest BCUT2D eigenvalue weighted by Gasteiger charge is 2.36. The van der Waals surface area contributed by atoms with Crippen molar-refractivity contribution in [2.24, 2.45) is 11.8 Å². The van der Waals surface area contributed by atoms with Gasteiger partial charge in [0.05, 0.1) is 0 Å². The molecule has 132 valence electrons. The zero-order valence-electron chi connectivity index (χ0n) is 14.3. The van der Waals surface area contributed by atoms with E-state index in [1.54, 1.807) is 0 Å². The van der Waals surface area contributed by atoms with Crippen LogP contribution in [0, 0.1) is 11.8 Å². The zero-order chi connectivity index (χ0) is 15.9. The van der Waals surface area contributed by atoms with Crippen molar-refractivity contribution in [1.29, 1.82) is 0 Å². The Morgan fingerprint density at radius 1 is 0.542 bits per heavy atom. The van der Waals surface area contributed by atoms with E-state index in [1.165, 1.54) is 35.1 Å². The van der Waals surface area contributed by atoms with Crippen LogP contribution in [0.25, 0.3) is 0 Å². The Hall–Kier alpha value is -1.82. The van der Waals surface area contributed by atoms with Crippen molar-refractivity contribution in [3.05, 3.63) is 83.1 Å². The molecule has 0 heteroatoms. The summed E-state index contributed by atoms with van der Waals surface area (Å²) in [5, 5.41) is 0. The van der Waals surface area contributed by atoms with E-state index in [2.05, 4.69) is 88.5 Å². The molecule has 24 heavy (non-hydrogen) atoms. The smallest absolute Gasteiger partial charge is 0.0199 e. The molecule has 0 fully saturated rings. The van der Waals surface area contributed by atoms with E-state index in [0.717, 1.165) is 0 Å². The molecule has 0 nitrogen and oxygen atoms in total. The molecule has 0 saturated heterocycles. The maximum absolute atomic E-state index is 2.27. The van der Waals surface area contributed by atoms with Crippen LogP contribution in [-0.4, -0.2) is 0 Å². The highest BCUT2D eigenvalue weighted by atomic mass is 14.4. The fourth-order valence-corrected chi connectivity index (χ4v) is 3.13. The van der Waals surface area contributed by atoms with Gasteiger partial charge in [-0.15, -0.1) is 0 Å². The lowest BCUT2D eigenvalue weighted by atomic mass is 9.65. The van der Waals surface area contributed by atoms with Crippen LogP contribution in [0.15, 0.2) is 83.1 Å². The minimum Gasteiger partial charge on any atom is -0.0776 e. The molecule has 0 amide bonds. The maximum atomic E-state index is 2.27. The van der Waals surface area contributed by atoms with Gasteiger partial charge in [0.2, 0.25) is 0 Å². The molecule has 0 aromatic heterocycles. The van der Waals surface area contributed by atoms with Crippen molar-refractivity contribution in [3.8, 4) is 0 Å². The highest BCUT2D eigenvalue weighted by Crippen LogP contribution is 2.47. The molecule has 0 radical (unpaired) electrons. The van der Waals surface area contributed by atoms with Crippen LogP contribution in [0.2, 0.25) is 0 Å². The lowest BCUT2D eigenvalue weighted by molar-refractivity contribution is 0.564. The average molecular weight is 325 g/mol. The molecule has 0 aliphatic heterocycles. The molecule has 4 aliphatic carbocycles. The third-order valence-corrected chi connectivity index (χ3v) is 3.86. The van der Waals surface area contributed by atoms with Gasteiger partial charge in [-0.2, -0.15) is 0 Å². The minimum atomic E-state index is 0. The lowest BCUT2D eigenvalue weighted by Crippen LogP contribution is -2.28. The van der Waals surface area contributed by atoms with Crippen LogP contribution in [0.5, 0.6) is 0 Å². The Morgan fingerprint density at radius 3 is 1.17 bits per heavy atom. The Kier molecular flexibility index (Phi) is 10.0. The van der Waals surface area contributed by atoms with Crippen LogP contribution < -0.4 is 0 Å². The molecule has 0 saturated carbocycles. The van der Waals surface area contributed by atoms with Gasteiger partial charge < -0.3 is 0 Å². The fraction of sp³-hybridized carbons (Fsp3) is 0.417. The number of rotatable bonds is 0. The van der Waals surface area contributed by atoms with Crippen LogP contribution >= 0.6 is 0 Å². The van der Waals surface area contributed by atoms with Gasteiger partial charge in [0.15, 0.2) is 0 Å². The first-order chi connectivity index (χ1) is 10.8. The lowest BCUT2D eigenvalue weighted by Gasteiger charge is -2.39. The molecule has 0 aromatic carbocycles. The summed E-state index contributed by atoms with van der Waals surface area (Å²) in [4.78, 5) is 0. The molecular formula is C24H36. The van der Waals surface area contributed by atoms with Gasteiger partial charge in [-0.25, -0.2) is 0 Å². The second-order valence-electron chi connectivity index (χ2n) is 6.09. The van der Waals surface area contributed by atoms with Crippen molar-refractivity contribution < 1.29 is 0 Å². The third-order valence-electron chi connectivity index (χ3n) is 3.86. The summed E-state index contributed by atoms with van der Waals surface area (Å²) < 4.78 is 0. The summed E-state index contributed by atoms with van der Waals surface area (Å²) in [6, 6.07) is 0. The van der Waals surface area contributed by atoms with E-state index in [9.17, 15) is 0 Å². The molecule has 4 aliphatic rings. The predicted molar refractivity (Wildman–Crippen MR) is 112 cm³/mol. The molecule has 4 rings (SSSR count). The second kappa shape index (κ2) is 10.9. The topological polar surface area (TPSA) is 0 Å². The van der Waals surface area contributed by atoms with Crippen LogP contribution in [0.1, 0.15) is 55.4 Å².